The SMILES string of the molecule is C=C(C)[Si](C)(C)CC=NCCCCCCCCCC[Si](C)(C)C(=C)C. The summed E-state index contributed by atoms with van der Waals surface area (Å²) in [6, 6.07) is 2.57. The second kappa shape index (κ2) is 12.9. The van der Waals surface area contributed by atoms with E-state index in [1.165, 1.54) is 67.8 Å². The van der Waals surface area contributed by atoms with E-state index in [0.29, 0.717) is 0 Å². The molecule has 0 bridgehead atoms. The lowest BCUT2D eigenvalue weighted by molar-refractivity contribution is 0.577. The predicted octanol–water partition coefficient (Wildman–Crippen LogP) is 7.83. The fourth-order valence-electron chi connectivity index (χ4n) is 2.60. The van der Waals surface area contributed by atoms with Gasteiger partial charge in [-0.15, -0.1) is 13.2 Å². The average molecular weight is 380 g/mol. The van der Waals surface area contributed by atoms with E-state index < -0.39 is 16.1 Å². The number of rotatable bonds is 15. The molecule has 0 N–H and O–H groups in total. The molecule has 0 fully saturated rings. The van der Waals surface area contributed by atoms with Gasteiger partial charge in [-0.1, -0.05) is 87.6 Å². The number of aliphatic imine (C=N–C) groups is 1. The van der Waals surface area contributed by atoms with E-state index in [0.717, 1.165) is 12.6 Å². The van der Waals surface area contributed by atoms with Gasteiger partial charge in [0, 0.05) is 6.54 Å². The zero-order chi connectivity index (χ0) is 19.3. The molecule has 0 aromatic heterocycles. The summed E-state index contributed by atoms with van der Waals surface area (Å²) in [6.45, 7) is 23.4. The van der Waals surface area contributed by atoms with Crippen LogP contribution in [-0.4, -0.2) is 28.9 Å². The maximum Gasteiger partial charge on any atom is 0.0795 e. The summed E-state index contributed by atoms with van der Waals surface area (Å²) in [5.74, 6) is 0. The molecule has 0 amide bonds. The molecule has 1 nitrogen and oxygen atoms in total. The molecule has 0 aliphatic heterocycles. The van der Waals surface area contributed by atoms with Crippen LogP contribution in [-0.2, 0) is 0 Å². The zero-order valence-electron chi connectivity index (χ0n) is 18.2. The van der Waals surface area contributed by atoms with Gasteiger partial charge in [-0.25, -0.2) is 0 Å². The van der Waals surface area contributed by atoms with E-state index in [2.05, 4.69) is 64.4 Å². The second-order valence-electron chi connectivity index (χ2n) is 9.20. The highest BCUT2D eigenvalue weighted by Gasteiger charge is 2.20. The van der Waals surface area contributed by atoms with Crippen LogP contribution in [0.4, 0.5) is 0 Å². The molecule has 0 saturated carbocycles. The van der Waals surface area contributed by atoms with Gasteiger partial charge in [0.1, 0.15) is 0 Å². The number of hydrogen-bond acceptors (Lipinski definition) is 1. The third-order valence-electron chi connectivity index (χ3n) is 5.88. The summed E-state index contributed by atoms with van der Waals surface area (Å²) in [5.41, 5.74) is 0. The van der Waals surface area contributed by atoms with E-state index >= 15 is 0 Å². The van der Waals surface area contributed by atoms with Crippen molar-refractivity contribution in [3.8, 4) is 0 Å². The molecule has 0 aliphatic carbocycles. The molecule has 0 atom stereocenters. The van der Waals surface area contributed by atoms with E-state index in [4.69, 9.17) is 0 Å². The molecular formula is C22H45NSi2. The summed E-state index contributed by atoms with van der Waals surface area (Å²) < 4.78 is 0. The average Bonchev–Trinajstić information content (AvgIpc) is 2.51. The second-order valence-corrected chi connectivity index (χ2v) is 19.4. The monoisotopic (exact) mass is 379 g/mol. The van der Waals surface area contributed by atoms with Crippen LogP contribution in [0, 0.1) is 0 Å². The van der Waals surface area contributed by atoms with Crippen molar-refractivity contribution < 1.29 is 0 Å². The molecule has 146 valence electrons. The van der Waals surface area contributed by atoms with Crippen molar-refractivity contribution in [1.82, 2.24) is 0 Å². The lowest BCUT2D eigenvalue weighted by Gasteiger charge is -2.22. The third-order valence-corrected chi connectivity index (χ3v) is 13.3. The number of allylic oxidation sites excluding steroid dienone is 2. The lowest BCUT2D eigenvalue weighted by Crippen LogP contribution is -2.27. The molecule has 25 heavy (non-hydrogen) atoms. The number of nitrogens with zero attached hydrogens (tertiary/aromatic N) is 1. The van der Waals surface area contributed by atoms with E-state index in [9.17, 15) is 0 Å². The van der Waals surface area contributed by atoms with Crippen LogP contribution in [0.25, 0.3) is 0 Å². The van der Waals surface area contributed by atoms with Gasteiger partial charge >= 0.3 is 0 Å². The maximum absolute atomic E-state index is 4.60. The molecule has 0 heterocycles. The van der Waals surface area contributed by atoms with E-state index in [1.807, 2.05) is 0 Å². The summed E-state index contributed by atoms with van der Waals surface area (Å²) in [6.07, 6.45) is 13.2. The molecule has 3 heteroatoms. The normalized spacial score (nSPS) is 12.7. The third kappa shape index (κ3) is 12.6. The smallest absolute Gasteiger partial charge is 0.0795 e. The minimum absolute atomic E-state index is 1.02. The van der Waals surface area contributed by atoms with Gasteiger partial charge in [0.15, 0.2) is 0 Å². The molecule has 0 aromatic rings. The van der Waals surface area contributed by atoms with Crippen molar-refractivity contribution >= 4 is 22.4 Å². The molecule has 0 saturated heterocycles. The Morgan fingerprint density at radius 1 is 0.720 bits per heavy atom. The first kappa shape index (κ1) is 24.6. The Morgan fingerprint density at radius 3 is 1.64 bits per heavy atom. The summed E-state index contributed by atoms with van der Waals surface area (Å²) >= 11 is 0. The van der Waals surface area contributed by atoms with Crippen LogP contribution >= 0.6 is 0 Å². The van der Waals surface area contributed by atoms with Crippen LogP contribution in [0.3, 0.4) is 0 Å². The van der Waals surface area contributed by atoms with Crippen LogP contribution in [0.2, 0.25) is 38.3 Å². The Bertz CT molecular complexity index is 422. The van der Waals surface area contributed by atoms with Gasteiger partial charge < -0.3 is 0 Å². The Kier molecular flexibility index (Phi) is 12.6. The molecule has 0 unspecified atom stereocenters. The van der Waals surface area contributed by atoms with Crippen LogP contribution < -0.4 is 0 Å². The Hall–Kier alpha value is -0.416. The van der Waals surface area contributed by atoms with Crippen molar-refractivity contribution in [3.63, 3.8) is 0 Å². The van der Waals surface area contributed by atoms with Gasteiger partial charge in [0.05, 0.1) is 16.1 Å². The van der Waals surface area contributed by atoms with Crippen molar-refractivity contribution in [2.24, 2.45) is 4.99 Å². The van der Waals surface area contributed by atoms with Crippen LogP contribution in [0.1, 0.15) is 65.2 Å². The predicted molar refractivity (Wildman–Crippen MR) is 125 cm³/mol. The van der Waals surface area contributed by atoms with Crippen molar-refractivity contribution in [2.75, 3.05) is 6.54 Å². The molecule has 0 rings (SSSR count). The quantitative estimate of drug-likeness (QED) is 0.156. The first-order chi connectivity index (χ1) is 11.6. The van der Waals surface area contributed by atoms with Crippen molar-refractivity contribution in [2.45, 2.75) is 103 Å². The molecule has 0 aliphatic rings. The fourth-order valence-corrected chi connectivity index (χ4v) is 5.10. The highest BCUT2D eigenvalue weighted by molar-refractivity contribution is 6.85. The Balaban J connectivity index is 3.46. The van der Waals surface area contributed by atoms with E-state index in [-0.39, 0.29) is 0 Å². The molecule has 0 spiro atoms. The van der Waals surface area contributed by atoms with Gasteiger partial charge in [-0.05, 0) is 32.5 Å². The highest BCUT2D eigenvalue weighted by atomic mass is 28.3. The highest BCUT2D eigenvalue weighted by Crippen LogP contribution is 2.22. The van der Waals surface area contributed by atoms with Gasteiger partial charge in [-0.3, -0.25) is 4.99 Å². The zero-order valence-corrected chi connectivity index (χ0v) is 20.2. The molecular weight excluding hydrogens is 334 g/mol. The Morgan fingerprint density at radius 2 is 1.16 bits per heavy atom. The fraction of sp³-hybridized carbons (Fsp3) is 0.773. The summed E-state index contributed by atoms with van der Waals surface area (Å²) in [7, 11) is -2.35. The molecule has 0 aromatic carbocycles. The Labute approximate surface area is 161 Å². The standard InChI is InChI=1S/C22H45NSi2/c1-21(2)24(5,6)19-16-14-12-10-9-11-13-15-17-23-18-20-25(7,8)22(3)4/h18H,1,3,9-17,19-20H2,2,4-8H3. The minimum atomic E-state index is -1.24. The topological polar surface area (TPSA) is 12.4 Å². The molecule has 0 radical (unpaired) electrons. The first-order valence-electron chi connectivity index (χ1n) is 10.4. The summed E-state index contributed by atoms with van der Waals surface area (Å²) in [5, 5.41) is 2.84. The maximum atomic E-state index is 4.60. The van der Waals surface area contributed by atoms with Crippen molar-refractivity contribution in [3.05, 3.63) is 23.6 Å². The number of hydrogen-bond donors (Lipinski definition) is 0. The van der Waals surface area contributed by atoms with Crippen LogP contribution in [0.5, 0.6) is 0 Å². The van der Waals surface area contributed by atoms with E-state index in [1.54, 1.807) is 0 Å². The minimum Gasteiger partial charge on any atom is -0.298 e. The summed E-state index contributed by atoms with van der Waals surface area (Å²) in [4.78, 5) is 4.60. The van der Waals surface area contributed by atoms with Crippen molar-refractivity contribution in [1.29, 1.82) is 0 Å². The lowest BCUT2D eigenvalue weighted by atomic mass is 10.1. The first-order valence-corrected chi connectivity index (χ1v) is 16.8. The van der Waals surface area contributed by atoms with Gasteiger partial charge in [0.25, 0.3) is 0 Å². The van der Waals surface area contributed by atoms with Gasteiger partial charge in [-0.2, -0.15) is 0 Å². The van der Waals surface area contributed by atoms with Gasteiger partial charge in [0.2, 0.25) is 0 Å². The van der Waals surface area contributed by atoms with Crippen LogP contribution in [0.15, 0.2) is 28.5 Å². The largest absolute Gasteiger partial charge is 0.298 e. The number of unbranched alkanes of at least 4 members (excludes halogenated alkanes) is 7.